The van der Waals surface area contributed by atoms with Crippen LogP contribution in [0.2, 0.25) is 0 Å². The third-order valence-electron chi connectivity index (χ3n) is 5.49. The van der Waals surface area contributed by atoms with Crippen LogP contribution in [-0.2, 0) is 0 Å². The molecule has 1 saturated carbocycles. The second-order valence-electron chi connectivity index (χ2n) is 7.01. The van der Waals surface area contributed by atoms with Gasteiger partial charge in [-0.2, -0.15) is 23.5 Å². The van der Waals surface area contributed by atoms with Gasteiger partial charge in [0.1, 0.15) is 0 Å². The lowest BCUT2D eigenvalue weighted by Gasteiger charge is -2.36. The number of piperidine rings is 1. The summed E-state index contributed by atoms with van der Waals surface area (Å²) in [5, 5.41) is 3.82. The highest BCUT2D eigenvalue weighted by atomic mass is 32.2. The number of hydrogen-bond acceptors (Lipinski definition) is 4. The monoisotopic (exact) mass is 328 g/mol. The van der Waals surface area contributed by atoms with Crippen molar-refractivity contribution in [1.29, 1.82) is 0 Å². The SMILES string of the molecule is C1CCC(N2CCC(CCNC3CSCCSC3)CC2)C1. The third kappa shape index (κ3) is 5.33. The molecule has 4 heteroatoms. The number of rotatable bonds is 5. The highest BCUT2D eigenvalue weighted by molar-refractivity contribution is 8.03. The quantitative estimate of drug-likeness (QED) is 0.831. The molecule has 21 heavy (non-hydrogen) atoms. The summed E-state index contributed by atoms with van der Waals surface area (Å²) >= 11 is 4.27. The molecule has 2 nitrogen and oxygen atoms in total. The van der Waals surface area contributed by atoms with Crippen LogP contribution in [0.5, 0.6) is 0 Å². The molecule has 2 aliphatic heterocycles. The molecule has 3 fully saturated rings. The summed E-state index contributed by atoms with van der Waals surface area (Å²) in [7, 11) is 0. The van der Waals surface area contributed by atoms with Crippen molar-refractivity contribution in [2.45, 2.75) is 57.0 Å². The summed E-state index contributed by atoms with van der Waals surface area (Å²) in [6, 6.07) is 1.71. The number of likely N-dealkylation sites (tertiary alicyclic amines) is 1. The minimum Gasteiger partial charge on any atom is -0.312 e. The van der Waals surface area contributed by atoms with Crippen molar-refractivity contribution in [2.24, 2.45) is 5.92 Å². The lowest BCUT2D eigenvalue weighted by atomic mass is 9.92. The normalized spacial score (nSPS) is 28.0. The number of nitrogens with zero attached hydrogens (tertiary/aromatic N) is 1. The molecule has 0 bridgehead atoms. The van der Waals surface area contributed by atoms with Crippen LogP contribution < -0.4 is 5.32 Å². The van der Waals surface area contributed by atoms with E-state index in [1.54, 1.807) is 0 Å². The Labute approximate surface area is 139 Å². The van der Waals surface area contributed by atoms with Crippen molar-refractivity contribution in [2.75, 3.05) is 42.6 Å². The van der Waals surface area contributed by atoms with Crippen molar-refractivity contribution in [3.63, 3.8) is 0 Å². The van der Waals surface area contributed by atoms with Crippen molar-refractivity contribution in [3.05, 3.63) is 0 Å². The van der Waals surface area contributed by atoms with E-state index < -0.39 is 0 Å². The van der Waals surface area contributed by atoms with Crippen LogP contribution >= 0.6 is 23.5 Å². The summed E-state index contributed by atoms with van der Waals surface area (Å²) in [6.45, 7) is 4.01. The van der Waals surface area contributed by atoms with Crippen LogP contribution in [0.4, 0.5) is 0 Å². The van der Waals surface area contributed by atoms with Crippen LogP contribution in [0.1, 0.15) is 44.9 Å². The number of nitrogens with one attached hydrogen (secondary N) is 1. The standard InChI is InChI=1S/C17H32N2S2/c1-2-4-17(3-1)19-9-6-15(7-10-19)5-8-18-16-13-20-11-12-21-14-16/h15-18H,1-14H2. The third-order valence-corrected chi connectivity index (χ3v) is 8.01. The van der Waals surface area contributed by atoms with Gasteiger partial charge in [-0.3, -0.25) is 0 Å². The maximum absolute atomic E-state index is 3.82. The molecular weight excluding hydrogens is 296 g/mol. The lowest BCUT2D eigenvalue weighted by molar-refractivity contribution is 0.130. The topological polar surface area (TPSA) is 15.3 Å². The first-order valence-electron chi connectivity index (χ1n) is 9.05. The van der Waals surface area contributed by atoms with Gasteiger partial charge in [0.05, 0.1) is 0 Å². The molecule has 0 amide bonds. The van der Waals surface area contributed by atoms with E-state index in [-0.39, 0.29) is 0 Å². The van der Waals surface area contributed by atoms with Crippen molar-refractivity contribution in [1.82, 2.24) is 10.2 Å². The molecular formula is C17H32N2S2. The molecule has 2 saturated heterocycles. The average molecular weight is 329 g/mol. The van der Waals surface area contributed by atoms with Crippen molar-refractivity contribution < 1.29 is 0 Å². The van der Waals surface area contributed by atoms with E-state index in [0.717, 1.165) is 18.0 Å². The largest absolute Gasteiger partial charge is 0.312 e. The summed E-state index contributed by atoms with van der Waals surface area (Å²) < 4.78 is 0. The van der Waals surface area contributed by atoms with Gasteiger partial charge in [-0.1, -0.05) is 12.8 Å². The Bertz CT molecular complexity index is 279. The molecule has 0 aromatic heterocycles. The van der Waals surface area contributed by atoms with Gasteiger partial charge in [0, 0.05) is 35.1 Å². The number of hydrogen-bond donors (Lipinski definition) is 1. The second-order valence-corrected chi connectivity index (χ2v) is 9.31. The Morgan fingerprint density at radius 3 is 2.24 bits per heavy atom. The van der Waals surface area contributed by atoms with E-state index in [0.29, 0.717) is 0 Å². The van der Waals surface area contributed by atoms with Gasteiger partial charge in [-0.15, -0.1) is 0 Å². The molecule has 1 aliphatic carbocycles. The van der Waals surface area contributed by atoms with Crippen LogP contribution in [0.15, 0.2) is 0 Å². The van der Waals surface area contributed by atoms with Gasteiger partial charge < -0.3 is 10.2 Å². The fourth-order valence-corrected chi connectivity index (χ4v) is 6.57. The first kappa shape index (κ1) is 16.5. The molecule has 0 aromatic carbocycles. The molecule has 0 unspecified atom stereocenters. The lowest BCUT2D eigenvalue weighted by Crippen LogP contribution is -2.41. The van der Waals surface area contributed by atoms with E-state index >= 15 is 0 Å². The van der Waals surface area contributed by atoms with E-state index in [1.165, 1.54) is 87.6 Å². The average Bonchev–Trinajstić information content (AvgIpc) is 2.93. The Morgan fingerprint density at radius 1 is 0.905 bits per heavy atom. The Kier molecular flexibility index (Phi) is 7.10. The molecule has 0 spiro atoms. The van der Waals surface area contributed by atoms with Crippen LogP contribution in [0.25, 0.3) is 0 Å². The first-order chi connectivity index (χ1) is 10.4. The van der Waals surface area contributed by atoms with Crippen molar-refractivity contribution in [3.8, 4) is 0 Å². The summed E-state index contributed by atoms with van der Waals surface area (Å²) in [5.41, 5.74) is 0. The predicted octanol–water partition coefficient (Wildman–Crippen LogP) is 3.47. The van der Waals surface area contributed by atoms with E-state index in [2.05, 4.69) is 33.7 Å². The second kappa shape index (κ2) is 9.05. The van der Waals surface area contributed by atoms with E-state index in [1.807, 2.05) is 0 Å². The van der Waals surface area contributed by atoms with Crippen LogP contribution in [-0.4, -0.2) is 59.6 Å². The van der Waals surface area contributed by atoms with Gasteiger partial charge >= 0.3 is 0 Å². The Balaban J connectivity index is 1.28. The molecule has 3 aliphatic rings. The Hall–Kier alpha value is 0.620. The summed E-state index contributed by atoms with van der Waals surface area (Å²) in [4.78, 5) is 2.80. The van der Waals surface area contributed by atoms with Gasteiger partial charge in [0.25, 0.3) is 0 Å². The highest BCUT2D eigenvalue weighted by Crippen LogP contribution is 2.28. The highest BCUT2D eigenvalue weighted by Gasteiger charge is 2.26. The smallest absolute Gasteiger partial charge is 0.0248 e. The minimum absolute atomic E-state index is 0.765. The molecule has 0 atom stereocenters. The maximum Gasteiger partial charge on any atom is 0.0248 e. The molecule has 122 valence electrons. The molecule has 0 aromatic rings. The Morgan fingerprint density at radius 2 is 1.57 bits per heavy atom. The van der Waals surface area contributed by atoms with Crippen LogP contribution in [0, 0.1) is 5.92 Å². The van der Waals surface area contributed by atoms with Crippen LogP contribution in [0.3, 0.4) is 0 Å². The summed E-state index contributed by atoms with van der Waals surface area (Å²) in [6.07, 6.45) is 10.2. The zero-order valence-electron chi connectivity index (χ0n) is 13.4. The number of thioether (sulfide) groups is 2. The molecule has 0 radical (unpaired) electrons. The van der Waals surface area contributed by atoms with Gasteiger partial charge in [0.15, 0.2) is 0 Å². The molecule has 2 heterocycles. The zero-order valence-corrected chi connectivity index (χ0v) is 15.0. The fraction of sp³-hybridized carbons (Fsp3) is 1.00. The van der Waals surface area contributed by atoms with Gasteiger partial charge in [0.2, 0.25) is 0 Å². The fourth-order valence-electron chi connectivity index (χ4n) is 4.10. The van der Waals surface area contributed by atoms with E-state index in [9.17, 15) is 0 Å². The van der Waals surface area contributed by atoms with Gasteiger partial charge in [-0.25, -0.2) is 0 Å². The predicted molar refractivity (Wildman–Crippen MR) is 97.6 cm³/mol. The summed E-state index contributed by atoms with van der Waals surface area (Å²) in [5.74, 6) is 6.34. The minimum atomic E-state index is 0.765. The zero-order chi connectivity index (χ0) is 14.3. The van der Waals surface area contributed by atoms with E-state index in [4.69, 9.17) is 0 Å². The first-order valence-corrected chi connectivity index (χ1v) is 11.4. The maximum atomic E-state index is 3.82. The van der Waals surface area contributed by atoms with Gasteiger partial charge in [-0.05, 0) is 57.7 Å². The van der Waals surface area contributed by atoms with Crippen molar-refractivity contribution >= 4 is 23.5 Å². The molecule has 1 N–H and O–H groups in total. The molecule has 3 rings (SSSR count).